The van der Waals surface area contributed by atoms with Gasteiger partial charge in [0.25, 0.3) is 5.56 Å². The summed E-state index contributed by atoms with van der Waals surface area (Å²) in [7, 11) is 1.23. The highest BCUT2D eigenvalue weighted by molar-refractivity contribution is 5.75. The Labute approximate surface area is 85.4 Å². The van der Waals surface area contributed by atoms with Crippen LogP contribution >= 0.6 is 0 Å². The maximum atomic E-state index is 11.3. The number of anilines is 1. The predicted octanol–water partition coefficient (Wildman–Crippen LogP) is -1.61. The van der Waals surface area contributed by atoms with Gasteiger partial charge in [-0.25, -0.2) is 4.98 Å². The monoisotopic (exact) mass is 212 g/mol. The van der Waals surface area contributed by atoms with Crippen molar-refractivity contribution >= 4 is 11.9 Å². The topological polar surface area (TPSA) is 124 Å². The maximum absolute atomic E-state index is 11.3. The zero-order valence-corrected chi connectivity index (χ0v) is 8.19. The van der Waals surface area contributed by atoms with Crippen molar-refractivity contribution in [2.24, 2.45) is 5.73 Å². The van der Waals surface area contributed by atoms with Gasteiger partial charge in [-0.1, -0.05) is 0 Å². The van der Waals surface area contributed by atoms with E-state index in [1.54, 1.807) is 0 Å². The van der Waals surface area contributed by atoms with E-state index in [-0.39, 0.29) is 12.4 Å². The van der Waals surface area contributed by atoms with Gasteiger partial charge in [-0.2, -0.15) is 0 Å². The molecule has 82 valence electrons. The van der Waals surface area contributed by atoms with Gasteiger partial charge in [0.2, 0.25) is 0 Å². The first-order valence-electron chi connectivity index (χ1n) is 4.21. The minimum atomic E-state index is -0.874. The Morgan fingerprint density at radius 2 is 2.40 bits per heavy atom. The molecule has 0 radical (unpaired) electrons. The molecular formula is C8H12N4O3. The molecule has 0 saturated heterocycles. The number of carbonyl (C=O) groups excluding carboxylic acids is 1. The number of hydrogen-bond acceptors (Lipinski definition) is 6. The van der Waals surface area contributed by atoms with Gasteiger partial charge in [0.15, 0.2) is 5.95 Å². The molecule has 0 amide bonds. The number of H-pyrrole nitrogens is 1. The molecule has 0 saturated carbocycles. The van der Waals surface area contributed by atoms with Crippen LogP contribution in [0.1, 0.15) is 5.56 Å². The first-order chi connectivity index (χ1) is 7.04. The average Bonchev–Trinajstić information content (AvgIpc) is 2.20. The van der Waals surface area contributed by atoms with Crippen LogP contribution in [0.4, 0.5) is 5.95 Å². The smallest absolute Gasteiger partial charge is 0.322 e. The number of aromatic nitrogens is 2. The average molecular weight is 212 g/mol. The molecular weight excluding hydrogens is 200 g/mol. The summed E-state index contributed by atoms with van der Waals surface area (Å²) < 4.78 is 4.43. The summed E-state index contributed by atoms with van der Waals surface area (Å²) in [4.78, 5) is 28.3. The highest BCUT2D eigenvalue weighted by Gasteiger charge is 2.16. The summed E-state index contributed by atoms with van der Waals surface area (Å²) in [5.41, 5.74) is 10.6. The summed E-state index contributed by atoms with van der Waals surface area (Å²) in [5.74, 6) is -0.554. The van der Waals surface area contributed by atoms with E-state index in [9.17, 15) is 9.59 Å². The molecule has 0 aliphatic heterocycles. The molecule has 5 N–H and O–H groups in total. The van der Waals surface area contributed by atoms with Gasteiger partial charge < -0.3 is 16.2 Å². The van der Waals surface area contributed by atoms with Crippen molar-refractivity contribution < 1.29 is 9.53 Å². The zero-order valence-electron chi connectivity index (χ0n) is 8.19. The van der Waals surface area contributed by atoms with Gasteiger partial charge in [-0.05, 0) is 0 Å². The quantitative estimate of drug-likeness (QED) is 0.518. The number of nitrogen functional groups attached to an aromatic ring is 1. The maximum Gasteiger partial charge on any atom is 0.322 e. The molecule has 0 fully saturated rings. The fourth-order valence-corrected chi connectivity index (χ4v) is 1.05. The summed E-state index contributed by atoms with van der Waals surface area (Å²) in [6.45, 7) is 0. The van der Waals surface area contributed by atoms with Crippen LogP contribution in [0.3, 0.4) is 0 Å². The molecule has 0 bridgehead atoms. The zero-order chi connectivity index (χ0) is 11.4. The number of nitrogens with two attached hydrogens (primary N) is 2. The third-order valence-corrected chi connectivity index (χ3v) is 1.84. The third kappa shape index (κ3) is 2.78. The molecule has 1 rings (SSSR count). The number of esters is 1. The van der Waals surface area contributed by atoms with E-state index in [4.69, 9.17) is 11.5 Å². The van der Waals surface area contributed by atoms with Gasteiger partial charge >= 0.3 is 5.97 Å². The van der Waals surface area contributed by atoms with Gasteiger partial charge in [0.1, 0.15) is 6.04 Å². The summed E-state index contributed by atoms with van der Waals surface area (Å²) in [6, 6.07) is -0.874. The van der Waals surface area contributed by atoms with Crippen LogP contribution in [0.5, 0.6) is 0 Å². The molecule has 0 aliphatic carbocycles. The Bertz CT molecular complexity index is 415. The first kappa shape index (κ1) is 11.2. The van der Waals surface area contributed by atoms with Crippen LogP contribution in [0.2, 0.25) is 0 Å². The van der Waals surface area contributed by atoms with Gasteiger partial charge in [-0.3, -0.25) is 14.6 Å². The number of aromatic amines is 1. The van der Waals surface area contributed by atoms with Gasteiger partial charge in [0, 0.05) is 18.2 Å². The van der Waals surface area contributed by atoms with E-state index in [0.717, 1.165) is 0 Å². The van der Waals surface area contributed by atoms with Crippen molar-refractivity contribution in [1.29, 1.82) is 0 Å². The standard InChI is InChI=1S/C8H12N4O3/c1-15-7(14)5(9)2-4-3-11-8(10)12-6(4)13/h3,5H,2,9H2,1H3,(H3,10,11,12,13). The lowest BCUT2D eigenvalue weighted by Crippen LogP contribution is -2.35. The van der Waals surface area contributed by atoms with Gasteiger partial charge in [0.05, 0.1) is 7.11 Å². The SMILES string of the molecule is COC(=O)C(N)Cc1cnc(N)[nH]c1=O. The van der Waals surface area contributed by atoms with Crippen LogP contribution in [0.15, 0.2) is 11.0 Å². The first-order valence-corrected chi connectivity index (χ1v) is 4.21. The highest BCUT2D eigenvalue weighted by Crippen LogP contribution is 1.96. The lowest BCUT2D eigenvalue weighted by molar-refractivity contribution is -0.142. The molecule has 7 nitrogen and oxygen atoms in total. The molecule has 1 aromatic heterocycles. The molecule has 1 atom stereocenters. The normalized spacial score (nSPS) is 12.1. The number of ether oxygens (including phenoxy) is 1. The molecule has 15 heavy (non-hydrogen) atoms. The second kappa shape index (κ2) is 4.56. The number of hydrogen-bond donors (Lipinski definition) is 3. The number of carbonyl (C=O) groups is 1. The molecule has 0 aliphatic rings. The highest BCUT2D eigenvalue weighted by atomic mass is 16.5. The predicted molar refractivity (Wildman–Crippen MR) is 53.0 cm³/mol. The second-order valence-corrected chi connectivity index (χ2v) is 2.96. The van der Waals surface area contributed by atoms with Crippen LogP contribution in [0.25, 0.3) is 0 Å². The third-order valence-electron chi connectivity index (χ3n) is 1.84. The van der Waals surface area contributed by atoms with Crippen LogP contribution in [-0.4, -0.2) is 29.1 Å². The number of rotatable bonds is 3. The molecule has 1 aromatic rings. The van der Waals surface area contributed by atoms with Crippen LogP contribution in [-0.2, 0) is 16.0 Å². The number of nitrogens with one attached hydrogen (secondary N) is 1. The van der Waals surface area contributed by atoms with Crippen molar-refractivity contribution in [3.8, 4) is 0 Å². The van der Waals surface area contributed by atoms with E-state index in [1.807, 2.05) is 0 Å². The minimum Gasteiger partial charge on any atom is -0.468 e. The summed E-state index contributed by atoms with van der Waals surface area (Å²) >= 11 is 0. The lowest BCUT2D eigenvalue weighted by atomic mass is 10.1. The van der Waals surface area contributed by atoms with Crippen LogP contribution < -0.4 is 17.0 Å². The molecule has 7 heteroatoms. The molecule has 1 unspecified atom stereocenters. The fourth-order valence-electron chi connectivity index (χ4n) is 1.05. The van der Waals surface area contributed by atoms with E-state index in [0.29, 0.717) is 5.56 Å². The van der Waals surface area contributed by atoms with Crippen molar-refractivity contribution in [3.05, 3.63) is 22.1 Å². The largest absolute Gasteiger partial charge is 0.468 e. The van der Waals surface area contributed by atoms with Crippen LogP contribution in [0, 0.1) is 0 Å². The Kier molecular flexibility index (Phi) is 3.40. The van der Waals surface area contributed by atoms with Crippen molar-refractivity contribution in [1.82, 2.24) is 9.97 Å². The Hall–Kier alpha value is -1.89. The lowest BCUT2D eigenvalue weighted by Gasteiger charge is -2.07. The minimum absolute atomic E-state index is 0.0235. The summed E-state index contributed by atoms with van der Waals surface area (Å²) in [5, 5.41) is 0. The van der Waals surface area contributed by atoms with Crippen molar-refractivity contribution in [3.63, 3.8) is 0 Å². The Balaban J connectivity index is 2.81. The summed E-state index contributed by atoms with van der Waals surface area (Å²) in [6.07, 6.45) is 1.35. The molecule has 0 aromatic carbocycles. The van der Waals surface area contributed by atoms with Gasteiger partial charge in [-0.15, -0.1) is 0 Å². The Morgan fingerprint density at radius 3 is 2.93 bits per heavy atom. The number of methoxy groups -OCH3 is 1. The van der Waals surface area contributed by atoms with Crippen molar-refractivity contribution in [2.45, 2.75) is 12.5 Å². The van der Waals surface area contributed by atoms with E-state index >= 15 is 0 Å². The second-order valence-electron chi connectivity index (χ2n) is 2.96. The van der Waals surface area contributed by atoms with Crippen molar-refractivity contribution in [2.75, 3.05) is 12.8 Å². The number of nitrogens with zero attached hydrogens (tertiary/aromatic N) is 1. The Morgan fingerprint density at radius 1 is 1.73 bits per heavy atom. The van der Waals surface area contributed by atoms with E-state index < -0.39 is 17.6 Å². The fraction of sp³-hybridized carbons (Fsp3) is 0.375. The van der Waals surface area contributed by atoms with E-state index in [2.05, 4.69) is 14.7 Å². The molecule has 1 heterocycles. The molecule has 0 spiro atoms. The van der Waals surface area contributed by atoms with E-state index in [1.165, 1.54) is 13.3 Å².